The van der Waals surface area contributed by atoms with Gasteiger partial charge in [0.25, 0.3) is 5.91 Å². The number of phenols is 2. The van der Waals surface area contributed by atoms with E-state index in [4.69, 9.17) is 0 Å². The predicted molar refractivity (Wildman–Crippen MR) is 94.0 cm³/mol. The van der Waals surface area contributed by atoms with Gasteiger partial charge < -0.3 is 20.6 Å². The van der Waals surface area contributed by atoms with Crippen molar-refractivity contribution < 1.29 is 24.9 Å². The number of phenolic OH excluding ortho intramolecular Hbond substituents is 2. The number of carbonyl (C=O) groups is 2. The molecule has 0 spiro atoms. The molecule has 2 aromatic carbocycles. The summed E-state index contributed by atoms with van der Waals surface area (Å²) >= 11 is 1.03. The Labute approximate surface area is 146 Å². The van der Waals surface area contributed by atoms with Gasteiger partial charge in [0.2, 0.25) is 0 Å². The number of aromatic carboxylic acids is 1. The Bertz CT molecular complexity index is 936. The Morgan fingerprint density at radius 2 is 1.92 bits per heavy atom. The van der Waals surface area contributed by atoms with Crippen molar-refractivity contribution in [2.24, 2.45) is 4.99 Å². The van der Waals surface area contributed by atoms with Gasteiger partial charge in [-0.2, -0.15) is 0 Å². The minimum atomic E-state index is -1.24. The van der Waals surface area contributed by atoms with Crippen LogP contribution in [0.4, 0.5) is 5.69 Å². The number of rotatable bonds is 3. The number of carbonyl (C=O) groups excluding carboxylic acids is 1. The molecule has 0 radical (unpaired) electrons. The Kier molecular flexibility index (Phi) is 4.44. The fourth-order valence-electron chi connectivity index (χ4n) is 2.13. The maximum atomic E-state index is 12.0. The van der Waals surface area contributed by atoms with E-state index in [1.54, 1.807) is 18.2 Å². The predicted octanol–water partition coefficient (Wildman–Crippen LogP) is 2.69. The molecule has 1 aliphatic rings. The second-order valence-corrected chi connectivity index (χ2v) is 6.08. The molecule has 0 atom stereocenters. The van der Waals surface area contributed by atoms with Crippen molar-refractivity contribution in [3.63, 3.8) is 0 Å². The quantitative estimate of drug-likeness (QED) is 0.628. The van der Waals surface area contributed by atoms with E-state index in [2.05, 4.69) is 10.3 Å². The van der Waals surface area contributed by atoms with Crippen molar-refractivity contribution in [3.8, 4) is 11.5 Å². The van der Waals surface area contributed by atoms with E-state index >= 15 is 0 Å². The highest BCUT2D eigenvalue weighted by Gasteiger charge is 2.25. The third kappa shape index (κ3) is 3.64. The maximum absolute atomic E-state index is 12.0. The molecular formula is C17H12N2O5S. The van der Waals surface area contributed by atoms with Crippen LogP contribution < -0.4 is 5.32 Å². The molecule has 0 saturated carbocycles. The first-order valence-corrected chi connectivity index (χ1v) is 7.89. The number of amides is 1. The number of carboxylic acids is 1. The van der Waals surface area contributed by atoms with E-state index in [1.807, 2.05) is 0 Å². The molecule has 8 heteroatoms. The molecule has 0 aromatic heterocycles. The number of hydrogen-bond donors (Lipinski definition) is 4. The average Bonchev–Trinajstić information content (AvgIpc) is 2.90. The van der Waals surface area contributed by atoms with Crippen molar-refractivity contribution in [2.75, 3.05) is 0 Å². The number of benzene rings is 2. The lowest BCUT2D eigenvalue weighted by Crippen LogP contribution is -2.19. The number of hydrogen-bond acceptors (Lipinski definition) is 6. The van der Waals surface area contributed by atoms with Crippen LogP contribution in [0.1, 0.15) is 15.9 Å². The summed E-state index contributed by atoms with van der Waals surface area (Å²) in [4.78, 5) is 27.7. The van der Waals surface area contributed by atoms with Crippen LogP contribution in [0.2, 0.25) is 0 Å². The largest absolute Gasteiger partial charge is 0.508 e. The summed E-state index contributed by atoms with van der Waals surface area (Å²) in [6.45, 7) is 0. The molecule has 25 heavy (non-hydrogen) atoms. The first-order valence-electron chi connectivity index (χ1n) is 7.08. The summed E-state index contributed by atoms with van der Waals surface area (Å²) in [7, 11) is 0. The van der Waals surface area contributed by atoms with E-state index in [0.717, 1.165) is 17.8 Å². The summed E-state index contributed by atoms with van der Waals surface area (Å²) in [5.74, 6) is -1.79. The topological polar surface area (TPSA) is 119 Å². The molecule has 1 saturated heterocycles. The second-order valence-electron chi connectivity index (χ2n) is 5.05. The zero-order valence-electron chi connectivity index (χ0n) is 12.6. The SMILES string of the molecule is O=C1NC(=Nc2ccc(O)cc2C(=O)O)S/C1=C\c1ccccc1O. The van der Waals surface area contributed by atoms with Gasteiger partial charge in [-0.05, 0) is 42.1 Å². The highest BCUT2D eigenvalue weighted by atomic mass is 32.2. The van der Waals surface area contributed by atoms with Crippen LogP contribution in [0.15, 0.2) is 52.4 Å². The number of para-hydroxylation sites is 1. The highest BCUT2D eigenvalue weighted by Crippen LogP contribution is 2.31. The summed E-state index contributed by atoms with van der Waals surface area (Å²) in [6.07, 6.45) is 1.52. The number of aliphatic imine (C=N–C) groups is 1. The van der Waals surface area contributed by atoms with Gasteiger partial charge in [-0.1, -0.05) is 18.2 Å². The third-order valence-corrected chi connectivity index (χ3v) is 4.22. The molecule has 0 bridgehead atoms. The van der Waals surface area contributed by atoms with Crippen LogP contribution in [0.5, 0.6) is 11.5 Å². The van der Waals surface area contributed by atoms with Crippen LogP contribution in [0, 0.1) is 0 Å². The summed E-state index contributed by atoms with van der Waals surface area (Å²) in [5, 5.41) is 31.1. The van der Waals surface area contributed by atoms with Crippen molar-refractivity contribution in [3.05, 3.63) is 58.5 Å². The standard InChI is InChI=1S/C17H12N2O5S/c20-10-5-6-12(11(8-10)16(23)24)18-17-19-15(22)14(25-17)7-9-3-1-2-4-13(9)21/h1-8,20-21H,(H,23,24)(H,18,19,22)/b14-7-. The molecule has 126 valence electrons. The van der Waals surface area contributed by atoms with Gasteiger partial charge in [-0.15, -0.1) is 0 Å². The zero-order valence-corrected chi connectivity index (χ0v) is 13.4. The van der Waals surface area contributed by atoms with E-state index < -0.39 is 11.9 Å². The Morgan fingerprint density at radius 3 is 2.64 bits per heavy atom. The minimum absolute atomic E-state index is 0.0421. The number of amidine groups is 1. The van der Waals surface area contributed by atoms with Crippen LogP contribution in [-0.2, 0) is 4.79 Å². The smallest absolute Gasteiger partial charge is 0.338 e. The van der Waals surface area contributed by atoms with Crippen LogP contribution >= 0.6 is 11.8 Å². The maximum Gasteiger partial charge on any atom is 0.338 e. The normalized spacial score (nSPS) is 17.0. The van der Waals surface area contributed by atoms with Crippen molar-refractivity contribution in [2.45, 2.75) is 0 Å². The first kappa shape index (κ1) is 16.6. The van der Waals surface area contributed by atoms with Crippen LogP contribution in [-0.4, -0.2) is 32.4 Å². The fourth-order valence-corrected chi connectivity index (χ4v) is 2.96. The van der Waals surface area contributed by atoms with Crippen molar-refractivity contribution in [1.82, 2.24) is 5.32 Å². The minimum Gasteiger partial charge on any atom is -0.508 e. The van der Waals surface area contributed by atoms with E-state index in [0.29, 0.717) is 10.5 Å². The summed E-state index contributed by atoms with van der Waals surface area (Å²) < 4.78 is 0. The van der Waals surface area contributed by atoms with Gasteiger partial charge in [0.1, 0.15) is 11.5 Å². The lowest BCUT2D eigenvalue weighted by Gasteiger charge is -2.02. The molecule has 2 aromatic rings. The molecule has 0 unspecified atom stereocenters. The van der Waals surface area contributed by atoms with Gasteiger partial charge in [0.05, 0.1) is 16.2 Å². The molecule has 1 heterocycles. The number of thioether (sulfide) groups is 1. The molecule has 1 aliphatic heterocycles. The zero-order chi connectivity index (χ0) is 18.0. The molecule has 4 N–H and O–H groups in total. The Balaban J connectivity index is 1.92. The third-order valence-electron chi connectivity index (χ3n) is 3.31. The number of nitrogens with zero attached hydrogens (tertiary/aromatic N) is 1. The molecule has 1 fully saturated rings. The number of aromatic hydroxyl groups is 2. The Morgan fingerprint density at radius 1 is 1.16 bits per heavy atom. The summed E-state index contributed by atoms with van der Waals surface area (Å²) in [6, 6.07) is 10.3. The lowest BCUT2D eigenvalue weighted by molar-refractivity contribution is -0.115. The molecule has 7 nitrogen and oxygen atoms in total. The lowest BCUT2D eigenvalue weighted by atomic mass is 10.2. The summed E-state index contributed by atoms with van der Waals surface area (Å²) in [5.41, 5.74) is 0.412. The van der Waals surface area contributed by atoms with Crippen LogP contribution in [0.3, 0.4) is 0 Å². The van der Waals surface area contributed by atoms with Gasteiger partial charge in [0.15, 0.2) is 5.17 Å². The van der Waals surface area contributed by atoms with Crippen molar-refractivity contribution >= 4 is 40.6 Å². The fraction of sp³-hybridized carbons (Fsp3) is 0. The van der Waals surface area contributed by atoms with E-state index in [9.17, 15) is 24.9 Å². The van der Waals surface area contributed by atoms with Gasteiger partial charge in [-0.25, -0.2) is 9.79 Å². The first-order chi connectivity index (χ1) is 11.9. The highest BCUT2D eigenvalue weighted by molar-refractivity contribution is 8.18. The average molecular weight is 356 g/mol. The van der Waals surface area contributed by atoms with Gasteiger partial charge in [-0.3, -0.25) is 4.79 Å². The van der Waals surface area contributed by atoms with E-state index in [-0.39, 0.29) is 27.9 Å². The number of carboxylic acid groups (broad SMARTS) is 1. The molecular weight excluding hydrogens is 344 g/mol. The van der Waals surface area contributed by atoms with Gasteiger partial charge >= 0.3 is 5.97 Å². The van der Waals surface area contributed by atoms with Gasteiger partial charge in [0, 0.05) is 5.56 Å². The van der Waals surface area contributed by atoms with E-state index in [1.165, 1.54) is 24.3 Å². The van der Waals surface area contributed by atoms with Crippen molar-refractivity contribution in [1.29, 1.82) is 0 Å². The Hall–Kier alpha value is -3.26. The molecule has 1 amide bonds. The van der Waals surface area contributed by atoms with Crippen LogP contribution in [0.25, 0.3) is 6.08 Å². The number of nitrogens with one attached hydrogen (secondary N) is 1. The second kappa shape index (κ2) is 6.70. The molecule has 0 aliphatic carbocycles. The molecule has 3 rings (SSSR count). The monoisotopic (exact) mass is 356 g/mol.